The third-order valence-electron chi connectivity index (χ3n) is 1.62. The van der Waals surface area contributed by atoms with Gasteiger partial charge in [0.1, 0.15) is 4.88 Å². The van der Waals surface area contributed by atoms with Gasteiger partial charge in [-0.25, -0.2) is 4.79 Å². The molecule has 1 aromatic heterocycles. The SMILES string of the molecule is N#CCCNC(=O)COC(=O)c1cccs1. The molecule has 0 aliphatic heterocycles. The van der Waals surface area contributed by atoms with E-state index in [1.807, 2.05) is 6.07 Å². The van der Waals surface area contributed by atoms with E-state index >= 15 is 0 Å². The van der Waals surface area contributed by atoms with Crippen LogP contribution in [0.3, 0.4) is 0 Å². The lowest BCUT2D eigenvalue weighted by atomic mass is 10.4. The normalized spacial score (nSPS) is 9.19. The van der Waals surface area contributed by atoms with E-state index in [4.69, 9.17) is 10.00 Å². The molecule has 0 saturated heterocycles. The van der Waals surface area contributed by atoms with Crippen molar-refractivity contribution in [2.75, 3.05) is 13.2 Å². The number of amides is 1. The van der Waals surface area contributed by atoms with Crippen LogP contribution in [0.5, 0.6) is 0 Å². The van der Waals surface area contributed by atoms with E-state index in [2.05, 4.69) is 5.32 Å². The fourth-order valence-electron chi connectivity index (χ4n) is 0.906. The molecular weight excluding hydrogens is 228 g/mol. The van der Waals surface area contributed by atoms with Gasteiger partial charge in [0, 0.05) is 6.54 Å². The molecule has 1 N–H and O–H groups in total. The van der Waals surface area contributed by atoms with Gasteiger partial charge >= 0.3 is 5.97 Å². The number of ether oxygens (including phenoxy) is 1. The van der Waals surface area contributed by atoms with Crippen molar-refractivity contribution in [1.82, 2.24) is 5.32 Å². The molecule has 6 heteroatoms. The Labute approximate surface area is 96.6 Å². The van der Waals surface area contributed by atoms with Crippen LogP contribution < -0.4 is 5.32 Å². The Morgan fingerprint density at radius 2 is 2.38 bits per heavy atom. The fourth-order valence-corrected chi connectivity index (χ4v) is 1.52. The molecule has 0 atom stereocenters. The van der Waals surface area contributed by atoms with Crippen molar-refractivity contribution in [3.8, 4) is 6.07 Å². The van der Waals surface area contributed by atoms with Gasteiger partial charge in [0.05, 0.1) is 12.5 Å². The Kier molecular flexibility index (Phi) is 5.02. The number of hydrogen-bond donors (Lipinski definition) is 1. The highest BCUT2D eigenvalue weighted by atomic mass is 32.1. The van der Waals surface area contributed by atoms with Gasteiger partial charge < -0.3 is 10.1 Å². The lowest BCUT2D eigenvalue weighted by Gasteiger charge is -2.03. The molecule has 0 saturated carbocycles. The molecule has 0 bridgehead atoms. The van der Waals surface area contributed by atoms with Crippen molar-refractivity contribution >= 4 is 23.2 Å². The molecular formula is C10H10N2O3S. The van der Waals surface area contributed by atoms with Crippen LogP contribution in [0.25, 0.3) is 0 Å². The van der Waals surface area contributed by atoms with Crippen LogP contribution in [0.2, 0.25) is 0 Å². The summed E-state index contributed by atoms with van der Waals surface area (Å²) in [6.07, 6.45) is 0.241. The highest BCUT2D eigenvalue weighted by Crippen LogP contribution is 2.09. The molecule has 16 heavy (non-hydrogen) atoms. The standard InChI is InChI=1S/C10H10N2O3S/c11-4-2-5-12-9(13)7-15-10(14)8-3-1-6-16-8/h1,3,6H,2,5,7H2,(H,12,13). The smallest absolute Gasteiger partial charge is 0.348 e. The molecule has 1 heterocycles. The van der Waals surface area contributed by atoms with E-state index in [-0.39, 0.29) is 19.6 Å². The summed E-state index contributed by atoms with van der Waals surface area (Å²) in [5.74, 6) is -0.911. The Balaban J connectivity index is 2.22. The first-order valence-corrected chi connectivity index (χ1v) is 5.46. The number of carbonyl (C=O) groups is 2. The highest BCUT2D eigenvalue weighted by Gasteiger charge is 2.10. The van der Waals surface area contributed by atoms with Crippen LogP contribution in [0.1, 0.15) is 16.1 Å². The summed E-state index contributed by atoms with van der Waals surface area (Å²) in [5, 5.41) is 12.4. The van der Waals surface area contributed by atoms with Crippen LogP contribution >= 0.6 is 11.3 Å². The number of nitrogens with zero attached hydrogens (tertiary/aromatic N) is 1. The van der Waals surface area contributed by atoms with Crippen LogP contribution in [0.15, 0.2) is 17.5 Å². The zero-order chi connectivity index (χ0) is 11.8. The van der Waals surface area contributed by atoms with Crippen molar-refractivity contribution in [2.45, 2.75) is 6.42 Å². The molecule has 0 unspecified atom stereocenters. The fraction of sp³-hybridized carbons (Fsp3) is 0.300. The van der Waals surface area contributed by atoms with Crippen molar-refractivity contribution < 1.29 is 14.3 Å². The summed E-state index contributed by atoms with van der Waals surface area (Å²) in [6, 6.07) is 5.25. The van der Waals surface area contributed by atoms with Gasteiger partial charge in [0.2, 0.25) is 0 Å². The Morgan fingerprint density at radius 1 is 1.56 bits per heavy atom. The van der Waals surface area contributed by atoms with Gasteiger partial charge in [-0.2, -0.15) is 5.26 Å². The Hall–Kier alpha value is -1.87. The van der Waals surface area contributed by atoms with Crippen LogP contribution in [0.4, 0.5) is 0 Å². The topological polar surface area (TPSA) is 79.2 Å². The van der Waals surface area contributed by atoms with E-state index in [9.17, 15) is 9.59 Å². The van der Waals surface area contributed by atoms with Gasteiger partial charge in [-0.3, -0.25) is 4.79 Å². The minimum atomic E-state index is -0.509. The largest absolute Gasteiger partial charge is 0.451 e. The number of carbonyl (C=O) groups excluding carboxylic acids is 2. The monoisotopic (exact) mass is 238 g/mol. The molecule has 84 valence electrons. The first-order chi connectivity index (χ1) is 7.74. The van der Waals surface area contributed by atoms with Crippen LogP contribution in [-0.2, 0) is 9.53 Å². The van der Waals surface area contributed by atoms with E-state index in [0.29, 0.717) is 4.88 Å². The summed E-state index contributed by atoms with van der Waals surface area (Å²) in [5.41, 5.74) is 0. The summed E-state index contributed by atoms with van der Waals surface area (Å²) in [6.45, 7) is -0.0476. The predicted octanol–water partition coefficient (Wildman–Crippen LogP) is 0.935. The van der Waals surface area contributed by atoms with Crippen LogP contribution in [0, 0.1) is 11.3 Å². The molecule has 5 nitrogen and oxygen atoms in total. The second-order valence-electron chi connectivity index (χ2n) is 2.81. The van der Waals surface area contributed by atoms with Crippen molar-refractivity contribution in [1.29, 1.82) is 5.26 Å². The van der Waals surface area contributed by atoms with E-state index in [1.165, 1.54) is 11.3 Å². The molecule has 1 rings (SSSR count). The van der Waals surface area contributed by atoms with Gasteiger partial charge in [0.15, 0.2) is 6.61 Å². The van der Waals surface area contributed by atoms with Crippen molar-refractivity contribution in [3.63, 3.8) is 0 Å². The maximum absolute atomic E-state index is 11.3. The van der Waals surface area contributed by atoms with Crippen molar-refractivity contribution in [2.24, 2.45) is 0 Å². The second kappa shape index (κ2) is 6.58. The number of nitriles is 1. The van der Waals surface area contributed by atoms with E-state index in [1.54, 1.807) is 17.5 Å². The zero-order valence-electron chi connectivity index (χ0n) is 8.43. The van der Waals surface area contributed by atoms with Crippen LogP contribution in [-0.4, -0.2) is 25.0 Å². The number of nitrogens with one attached hydrogen (secondary N) is 1. The molecule has 0 aliphatic carbocycles. The third kappa shape index (κ3) is 4.11. The first-order valence-electron chi connectivity index (χ1n) is 4.58. The lowest BCUT2D eigenvalue weighted by molar-refractivity contribution is -0.124. The van der Waals surface area contributed by atoms with Gasteiger partial charge in [0.25, 0.3) is 5.91 Å². The number of esters is 1. The molecule has 1 aromatic rings. The zero-order valence-corrected chi connectivity index (χ0v) is 9.25. The van der Waals surface area contributed by atoms with Crippen molar-refractivity contribution in [3.05, 3.63) is 22.4 Å². The maximum Gasteiger partial charge on any atom is 0.348 e. The summed E-state index contributed by atoms with van der Waals surface area (Å²) < 4.78 is 4.76. The lowest BCUT2D eigenvalue weighted by Crippen LogP contribution is -2.29. The summed E-state index contributed by atoms with van der Waals surface area (Å²) in [7, 11) is 0. The molecule has 1 amide bonds. The number of hydrogen-bond acceptors (Lipinski definition) is 5. The minimum absolute atomic E-state index is 0.241. The molecule has 0 aromatic carbocycles. The summed E-state index contributed by atoms with van der Waals surface area (Å²) >= 11 is 1.25. The van der Waals surface area contributed by atoms with E-state index in [0.717, 1.165) is 0 Å². The second-order valence-corrected chi connectivity index (χ2v) is 3.76. The average molecular weight is 238 g/mol. The minimum Gasteiger partial charge on any atom is -0.451 e. The number of rotatable bonds is 5. The Morgan fingerprint density at radius 3 is 3.00 bits per heavy atom. The van der Waals surface area contributed by atoms with E-state index < -0.39 is 11.9 Å². The van der Waals surface area contributed by atoms with Gasteiger partial charge in [-0.1, -0.05) is 6.07 Å². The predicted molar refractivity (Wildman–Crippen MR) is 57.8 cm³/mol. The summed E-state index contributed by atoms with van der Waals surface area (Å²) in [4.78, 5) is 22.9. The Bertz CT molecular complexity index is 395. The molecule has 0 spiro atoms. The highest BCUT2D eigenvalue weighted by molar-refractivity contribution is 7.11. The molecule has 0 radical (unpaired) electrons. The maximum atomic E-state index is 11.3. The molecule has 0 aliphatic rings. The third-order valence-corrected chi connectivity index (χ3v) is 2.47. The molecule has 0 fully saturated rings. The first kappa shape index (κ1) is 12.2. The van der Waals surface area contributed by atoms with Gasteiger partial charge in [-0.05, 0) is 11.4 Å². The quantitative estimate of drug-likeness (QED) is 0.611. The van der Waals surface area contributed by atoms with Gasteiger partial charge in [-0.15, -0.1) is 11.3 Å². The average Bonchev–Trinajstić information content (AvgIpc) is 2.79. The number of thiophene rings is 1.